The summed E-state index contributed by atoms with van der Waals surface area (Å²) in [5.74, 6) is -0.0582. The van der Waals surface area contributed by atoms with Gasteiger partial charge in [-0.05, 0) is 48.0 Å². The lowest BCUT2D eigenvalue weighted by molar-refractivity contribution is -0.119. The van der Waals surface area contributed by atoms with Gasteiger partial charge in [0, 0.05) is 0 Å². The van der Waals surface area contributed by atoms with Crippen molar-refractivity contribution < 1.29 is 4.79 Å². The first-order valence-corrected chi connectivity index (χ1v) is 7.01. The van der Waals surface area contributed by atoms with Crippen LogP contribution in [-0.4, -0.2) is 11.8 Å². The number of carbonyl (C=O) groups excluding carboxylic acids is 1. The Morgan fingerprint density at radius 1 is 1.28 bits per heavy atom. The monoisotopic (exact) mass is 261 g/mol. The van der Waals surface area contributed by atoms with E-state index in [1.165, 1.54) is 35.1 Å². The van der Waals surface area contributed by atoms with Crippen LogP contribution in [0.25, 0.3) is 5.57 Å². The highest BCUT2D eigenvalue weighted by Gasteiger charge is 2.32. The highest BCUT2D eigenvalue weighted by molar-refractivity contribution is 6.27. The molecule has 18 heavy (non-hydrogen) atoms. The zero-order chi connectivity index (χ0) is 12.5. The minimum atomic E-state index is -0.0872. The summed E-state index contributed by atoms with van der Waals surface area (Å²) in [5.41, 5.74) is 5.42. The van der Waals surface area contributed by atoms with Gasteiger partial charge in [-0.2, -0.15) is 0 Å². The van der Waals surface area contributed by atoms with E-state index in [1.807, 2.05) is 6.07 Å². The summed E-state index contributed by atoms with van der Waals surface area (Å²) in [5, 5.41) is 3.06. The Bertz CT molecular complexity index is 521. The standard InChI is InChI=1S/C15H16ClNO/c16-9-14(18)17-15-12-7-3-1-5-10(12)11-6-2-4-8-13(11)15/h1,3,5,7,15H,2,4,6,8-9H2,(H,17,18)/t15-/m0/s1. The van der Waals surface area contributed by atoms with Crippen LogP contribution in [0.1, 0.15) is 42.9 Å². The van der Waals surface area contributed by atoms with Gasteiger partial charge < -0.3 is 5.32 Å². The molecule has 0 spiro atoms. The van der Waals surface area contributed by atoms with Gasteiger partial charge in [-0.15, -0.1) is 11.6 Å². The molecular formula is C15H16ClNO. The summed E-state index contributed by atoms with van der Waals surface area (Å²) in [6, 6.07) is 8.46. The molecular weight excluding hydrogens is 246 g/mol. The second-order valence-electron chi connectivity index (χ2n) is 4.93. The predicted molar refractivity (Wildman–Crippen MR) is 73.4 cm³/mol. The lowest BCUT2D eigenvalue weighted by Gasteiger charge is -2.20. The van der Waals surface area contributed by atoms with Crippen molar-refractivity contribution in [3.8, 4) is 0 Å². The number of amides is 1. The third-order valence-corrected chi connectivity index (χ3v) is 4.13. The zero-order valence-corrected chi connectivity index (χ0v) is 11.0. The SMILES string of the molecule is O=C(CCl)N[C@@H]1C2=C(CCCC2)c2ccccc21. The number of halogens is 1. The normalized spacial score (nSPS) is 21.5. The maximum Gasteiger partial charge on any atom is 0.235 e. The van der Waals surface area contributed by atoms with Gasteiger partial charge >= 0.3 is 0 Å². The summed E-state index contributed by atoms with van der Waals surface area (Å²) in [7, 11) is 0. The van der Waals surface area contributed by atoms with Crippen LogP contribution < -0.4 is 5.32 Å². The average Bonchev–Trinajstić information content (AvgIpc) is 2.74. The van der Waals surface area contributed by atoms with Crippen LogP contribution >= 0.6 is 11.6 Å². The molecule has 3 heteroatoms. The van der Waals surface area contributed by atoms with E-state index >= 15 is 0 Å². The number of nitrogens with one attached hydrogen (secondary N) is 1. The fourth-order valence-corrected chi connectivity index (χ4v) is 3.21. The van der Waals surface area contributed by atoms with E-state index in [1.54, 1.807) is 0 Å². The number of fused-ring (bicyclic) bond motifs is 2. The van der Waals surface area contributed by atoms with Gasteiger partial charge in [-0.25, -0.2) is 0 Å². The third-order valence-electron chi connectivity index (χ3n) is 3.88. The average molecular weight is 262 g/mol. The molecule has 1 N–H and O–H groups in total. The van der Waals surface area contributed by atoms with Crippen molar-refractivity contribution >= 4 is 23.1 Å². The molecule has 94 valence electrons. The van der Waals surface area contributed by atoms with Crippen LogP contribution in [-0.2, 0) is 4.79 Å². The Hall–Kier alpha value is -1.28. The summed E-state index contributed by atoms with van der Waals surface area (Å²) in [4.78, 5) is 11.6. The van der Waals surface area contributed by atoms with Crippen molar-refractivity contribution in [1.82, 2.24) is 5.32 Å². The molecule has 2 aliphatic rings. The molecule has 0 saturated carbocycles. The second-order valence-corrected chi connectivity index (χ2v) is 5.20. The zero-order valence-electron chi connectivity index (χ0n) is 10.2. The molecule has 1 amide bonds. The van der Waals surface area contributed by atoms with Gasteiger partial charge in [-0.3, -0.25) is 4.79 Å². The molecule has 1 aromatic rings. The first-order chi connectivity index (χ1) is 8.81. The molecule has 0 bridgehead atoms. The maximum atomic E-state index is 11.6. The van der Waals surface area contributed by atoms with Crippen LogP contribution in [0.15, 0.2) is 29.8 Å². The molecule has 0 aromatic heterocycles. The number of allylic oxidation sites excluding steroid dienone is 1. The number of carbonyl (C=O) groups is 1. The van der Waals surface area contributed by atoms with E-state index in [2.05, 4.69) is 23.5 Å². The van der Waals surface area contributed by atoms with Crippen molar-refractivity contribution in [2.45, 2.75) is 31.7 Å². The fraction of sp³-hybridized carbons (Fsp3) is 0.400. The van der Waals surface area contributed by atoms with Crippen molar-refractivity contribution in [3.63, 3.8) is 0 Å². The van der Waals surface area contributed by atoms with Crippen molar-refractivity contribution in [2.75, 3.05) is 5.88 Å². The topological polar surface area (TPSA) is 29.1 Å². The van der Waals surface area contributed by atoms with E-state index < -0.39 is 0 Å². The summed E-state index contributed by atoms with van der Waals surface area (Å²) in [6.45, 7) is 0. The lowest BCUT2D eigenvalue weighted by Crippen LogP contribution is -2.29. The Morgan fingerprint density at radius 3 is 2.89 bits per heavy atom. The quantitative estimate of drug-likeness (QED) is 0.812. The lowest BCUT2D eigenvalue weighted by atomic mass is 9.91. The van der Waals surface area contributed by atoms with Crippen molar-refractivity contribution in [2.24, 2.45) is 0 Å². The Kier molecular flexibility index (Phi) is 3.13. The van der Waals surface area contributed by atoms with Gasteiger partial charge in [0.05, 0.1) is 6.04 Å². The Balaban J connectivity index is 2.01. The van der Waals surface area contributed by atoms with E-state index in [9.17, 15) is 4.79 Å². The molecule has 0 fully saturated rings. The van der Waals surface area contributed by atoms with Crippen LogP contribution in [0.2, 0.25) is 0 Å². The molecule has 2 aliphatic carbocycles. The molecule has 0 aliphatic heterocycles. The van der Waals surface area contributed by atoms with Crippen molar-refractivity contribution in [3.05, 3.63) is 41.0 Å². The van der Waals surface area contributed by atoms with E-state index in [0.717, 1.165) is 12.8 Å². The van der Waals surface area contributed by atoms with Gasteiger partial charge in [0.2, 0.25) is 5.91 Å². The summed E-state index contributed by atoms with van der Waals surface area (Å²) >= 11 is 5.60. The second kappa shape index (κ2) is 4.77. The number of benzene rings is 1. The number of alkyl halides is 1. The highest BCUT2D eigenvalue weighted by atomic mass is 35.5. The van der Waals surface area contributed by atoms with Gasteiger partial charge in [0.1, 0.15) is 5.88 Å². The fourth-order valence-electron chi connectivity index (χ4n) is 3.13. The molecule has 0 heterocycles. The first-order valence-electron chi connectivity index (χ1n) is 6.48. The van der Waals surface area contributed by atoms with Gasteiger partial charge in [-0.1, -0.05) is 24.3 Å². The molecule has 2 nitrogen and oxygen atoms in total. The van der Waals surface area contributed by atoms with Gasteiger partial charge in [0.15, 0.2) is 0 Å². The summed E-state index contributed by atoms with van der Waals surface area (Å²) in [6.07, 6.45) is 4.71. The van der Waals surface area contributed by atoms with Crippen molar-refractivity contribution in [1.29, 1.82) is 0 Å². The van der Waals surface area contributed by atoms with Crippen LogP contribution in [0.3, 0.4) is 0 Å². The third kappa shape index (κ3) is 1.85. The van der Waals surface area contributed by atoms with Crippen LogP contribution in [0.5, 0.6) is 0 Å². The number of rotatable bonds is 2. The molecule has 0 saturated heterocycles. The largest absolute Gasteiger partial charge is 0.344 e. The predicted octanol–water partition coefficient (Wildman–Crippen LogP) is 3.42. The van der Waals surface area contributed by atoms with E-state index in [-0.39, 0.29) is 17.8 Å². The minimum absolute atomic E-state index is 0.0290. The molecule has 0 unspecified atom stereocenters. The Morgan fingerprint density at radius 2 is 2.06 bits per heavy atom. The smallest absolute Gasteiger partial charge is 0.235 e. The van der Waals surface area contributed by atoms with E-state index in [4.69, 9.17) is 11.6 Å². The number of hydrogen-bond donors (Lipinski definition) is 1. The minimum Gasteiger partial charge on any atom is -0.344 e. The molecule has 1 atom stereocenters. The highest BCUT2D eigenvalue weighted by Crippen LogP contribution is 2.47. The summed E-state index contributed by atoms with van der Waals surface area (Å²) < 4.78 is 0. The van der Waals surface area contributed by atoms with Gasteiger partial charge in [0.25, 0.3) is 0 Å². The maximum absolute atomic E-state index is 11.6. The van der Waals surface area contributed by atoms with Crippen LogP contribution in [0.4, 0.5) is 0 Å². The van der Waals surface area contributed by atoms with Crippen LogP contribution in [0, 0.1) is 0 Å². The Labute approximate surface area is 112 Å². The number of hydrogen-bond acceptors (Lipinski definition) is 1. The first kappa shape index (κ1) is 11.8. The molecule has 1 aromatic carbocycles. The van der Waals surface area contributed by atoms with E-state index in [0.29, 0.717) is 0 Å². The molecule has 0 radical (unpaired) electrons. The molecule has 3 rings (SSSR count).